The molecule has 0 saturated carbocycles. The summed E-state index contributed by atoms with van der Waals surface area (Å²) in [6.07, 6.45) is 2.96. The van der Waals surface area contributed by atoms with E-state index in [1.807, 2.05) is 11.9 Å². The van der Waals surface area contributed by atoms with Gasteiger partial charge >= 0.3 is 0 Å². The Bertz CT molecular complexity index is 306. The number of nitrogens with zero attached hydrogens (tertiary/aromatic N) is 2. The van der Waals surface area contributed by atoms with E-state index in [4.69, 9.17) is 4.74 Å². The Morgan fingerprint density at radius 1 is 1.20 bits per heavy atom. The van der Waals surface area contributed by atoms with Gasteiger partial charge < -0.3 is 15.0 Å². The first-order valence-electron chi connectivity index (χ1n) is 7.88. The van der Waals surface area contributed by atoms with Gasteiger partial charge in [0.05, 0.1) is 18.8 Å². The summed E-state index contributed by atoms with van der Waals surface area (Å²) >= 11 is 0. The Morgan fingerprint density at radius 3 is 2.35 bits per heavy atom. The van der Waals surface area contributed by atoms with Crippen LogP contribution >= 0.6 is 0 Å². The summed E-state index contributed by atoms with van der Waals surface area (Å²) in [6, 6.07) is 0. The first-order valence-corrected chi connectivity index (χ1v) is 7.88. The fraction of sp³-hybridized carbons (Fsp3) is 0.933. The summed E-state index contributed by atoms with van der Waals surface area (Å²) in [6.45, 7) is 9.85. The van der Waals surface area contributed by atoms with E-state index in [1.165, 1.54) is 0 Å². The van der Waals surface area contributed by atoms with Gasteiger partial charge in [0.15, 0.2) is 0 Å². The van der Waals surface area contributed by atoms with Crippen LogP contribution in [0.15, 0.2) is 0 Å². The number of piperidine rings is 1. The third kappa shape index (κ3) is 4.43. The average molecular weight is 283 g/mol. The number of ether oxygens (including phenoxy) is 1. The summed E-state index contributed by atoms with van der Waals surface area (Å²) in [5.74, 6) is 0.964. The van der Waals surface area contributed by atoms with Crippen molar-refractivity contribution in [1.82, 2.24) is 15.1 Å². The number of morpholine rings is 1. The van der Waals surface area contributed by atoms with Crippen LogP contribution in [0.2, 0.25) is 0 Å². The van der Waals surface area contributed by atoms with Gasteiger partial charge in [0.25, 0.3) is 0 Å². The van der Waals surface area contributed by atoms with Crippen LogP contribution in [0.5, 0.6) is 0 Å². The molecule has 2 unspecified atom stereocenters. The molecule has 5 heteroatoms. The molecule has 2 rings (SSSR count). The second-order valence-corrected chi connectivity index (χ2v) is 6.33. The van der Waals surface area contributed by atoms with Crippen LogP contribution < -0.4 is 5.32 Å². The van der Waals surface area contributed by atoms with Crippen molar-refractivity contribution in [2.45, 2.75) is 38.9 Å². The lowest BCUT2D eigenvalue weighted by Gasteiger charge is -2.39. The molecule has 5 nitrogen and oxygen atoms in total. The Morgan fingerprint density at radius 2 is 1.80 bits per heavy atom. The molecule has 116 valence electrons. The van der Waals surface area contributed by atoms with Gasteiger partial charge in [0.1, 0.15) is 0 Å². The Labute approximate surface area is 122 Å². The monoisotopic (exact) mass is 283 g/mol. The number of hydrogen-bond acceptors (Lipinski definition) is 4. The van der Waals surface area contributed by atoms with Crippen molar-refractivity contribution in [1.29, 1.82) is 0 Å². The Kier molecular flexibility index (Phi) is 5.81. The minimum absolute atomic E-state index is 0.236. The first kappa shape index (κ1) is 15.7. The molecule has 0 aromatic carbocycles. The topological polar surface area (TPSA) is 44.8 Å². The van der Waals surface area contributed by atoms with E-state index in [0.29, 0.717) is 18.8 Å². The van der Waals surface area contributed by atoms with Gasteiger partial charge in [-0.25, -0.2) is 0 Å². The predicted molar refractivity (Wildman–Crippen MR) is 79.7 cm³/mol. The summed E-state index contributed by atoms with van der Waals surface area (Å²) in [7, 11) is 1.82. The molecular formula is C15H29N3O2. The average Bonchev–Trinajstić information content (AvgIpc) is 2.38. The van der Waals surface area contributed by atoms with Crippen molar-refractivity contribution in [3.8, 4) is 0 Å². The molecule has 1 N–H and O–H groups in total. The zero-order valence-electron chi connectivity index (χ0n) is 13.1. The number of rotatable bonds is 4. The van der Waals surface area contributed by atoms with Crippen molar-refractivity contribution >= 4 is 5.91 Å². The number of nitrogens with one attached hydrogen (secondary N) is 1. The third-order valence-corrected chi connectivity index (χ3v) is 4.31. The molecule has 0 aromatic heterocycles. The minimum Gasteiger partial charge on any atom is -0.373 e. The maximum Gasteiger partial charge on any atom is 0.236 e. The smallest absolute Gasteiger partial charge is 0.236 e. The van der Waals surface area contributed by atoms with Crippen LogP contribution in [-0.2, 0) is 9.53 Å². The zero-order valence-corrected chi connectivity index (χ0v) is 13.1. The standard InChI is InChI=1S/C15H29N3O2/c1-12-9-17(10-13(2)20-12)11-14-4-6-18(7-5-14)15(19)8-16-3/h12-14,16H,4-11H2,1-3H3. The Balaban J connectivity index is 1.72. The van der Waals surface area contributed by atoms with Gasteiger partial charge in [0, 0.05) is 32.7 Å². The maximum atomic E-state index is 11.8. The van der Waals surface area contributed by atoms with Crippen molar-refractivity contribution in [2.24, 2.45) is 5.92 Å². The number of carbonyl (C=O) groups excluding carboxylic acids is 1. The van der Waals surface area contributed by atoms with E-state index in [0.717, 1.165) is 51.5 Å². The summed E-state index contributed by atoms with van der Waals surface area (Å²) < 4.78 is 5.78. The molecular weight excluding hydrogens is 254 g/mol. The molecule has 0 aliphatic carbocycles. The van der Waals surface area contributed by atoms with Crippen LogP contribution in [-0.4, -0.2) is 74.2 Å². The molecule has 0 spiro atoms. The normalized spacial score (nSPS) is 29.6. The molecule has 20 heavy (non-hydrogen) atoms. The number of amides is 1. The second kappa shape index (κ2) is 7.38. The van der Waals surface area contributed by atoms with Gasteiger partial charge in [0.2, 0.25) is 5.91 Å². The van der Waals surface area contributed by atoms with Crippen molar-refractivity contribution < 1.29 is 9.53 Å². The molecule has 2 atom stereocenters. The molecule has 2 aliphatic heterocycles. The fourth-order valence-electron chi connectivity index (χ4n) is 3.43. The van der Waals surface area contributed by atoms with E-state index >= 15 is 0 Å². The third-order valence-electron chi connectivity index (χ3n) is 4.31. The van der Waals surface area contributed by atoms with Gasteiger partial charge in [-0.15, -0.1) is 0 Å². The summed E-state index contributed by atoms with van der Waals surface area (Å²) in [5.41, 5.74) is 0. The molecule has 0 aromatic rings. The maximum absolute atomic E-state index is 11.8. The highest BCUT2D eigenvalue weighted by Gasteiger charge is 2.27. The lowest BCUT2D eigenvalue weighted by atomic mass is 9.95. The molecule has 1 amide bonds. The number of hydrogen-bond donors (Lipinski definition) is 1. The van der Waals surface area contributed by atoms with Crippen molar-refractivity contribution in [3.05, 3.63) is 0 Å². The molecule has 2 aliphatic rings. The minimum atomic E-state index is 0.236. The van der Waals surface area contributed by atoms with Crippen LogP contribution in [0, 0.1) is 5.92 Å². The largest absolute Gasteiger partial charge is 0.373 e. The highest BCUT2D eigenvalue weighted by Crippen LogP contribution is 2.20. The Hall–Kier alpha value is -0.650. The highest BCUT2D eigenvalue weighted by atomic mass is 16.5. The fourth-order valence-corrected chi connectivity index (χ4v) is 3.43. The van der Waals surface area contributed by atoms with Crippen molar-refractivity contribution in [3.63, 3.8) is 0 Å². The van der Waals surface area contributed by atoms with E-state index < -0.39 is 0 Å². The van der Waals surface area contributed by atoms with Gasteiger partial charge in [-0.3, -0.25) is 9.69 Å². The number of likely N-dealkylation sites (N-methyl/N-ethyl adjacent to an activating group) is 1. The number of carbonyl (C=O) groups is 1. The van der Waals surface area contributed by atoms with Crippen LogP contribution in [0.1, 0.15) is 26.7 Å². The van der Waals surface area contributed by atoms with Crippen LogP contribution in [0.25, 0.3) is 0 Å². The van der Waals surface area contributed by atoms with E-state index in [-0.39, 0.29) is 5.91 Å². The molecule has 0 radical (unpaired) electrons. The highest BCUT2D eigenvalue weighted by molar-refractivity contribution is 5.78. The van der Waals surface area contributed by atoms with E-state index in [9.17, 15) is 4.79 Å². The van der Waals surface area contributed by atoms with Gasteiger partial charge in [-0.1, -0.05) is 0 Å². The van der Waals surface area contributed by atoms with Gasteiger partial charge in [-0.05, 0) is 39.7 Å². The second-order valence-electron chi connectivity index (χ2n) is 6.33. The van der Waals surface area contributed by atoms with Crippen LogP contribution in [0.4, 0.5) is 0 Å². The van der Waals surface area contributed by atoms with Crippen LogP contribution in [0.3, 0.4) is 0 Å². The van der Waals surface area contributed by atoms with E-state index in [2.05, 4.69) is 24.1 Å². The SMILES string of the molecule is CNCC(=O)N1CCC(CN2CC(C)OC(C)C2)CC1. The lowest BCUT2D eigenvalue weighted by molar-refractivity contribution is -0.131. The molecule has 2 saturated heterocycles. The first-order chi connectivity index (χ1) is 9.58. The summed E-state index contributed by atoms with van der Waals surface area (Å²) in [5, 5.41) is 2.94. The predicted octanol–water partition coefficient (Wildman–Crippen LogP) is 0.554. The molecule has 2 fully saturated rings. The zero-order chi connectivity index (χ0) is 14.5. The lowest BCUT2D eigenvalue weighted by Crippen LogP contribution is -2.49. The molecule has 2 heterocycles. The summed E-state index contributed by atoms with van der Waals surface area (Å²) in [4.78, 5) is 16.4. The number of likely N-dealkylation sites (tertiary alicyclic amines) is 1. The van der Waals surface area contributed by atoms with Crippen molar-refractivity contribution in [2.75, 3.05) is 46.3 Å². The van der Waals surface area contributed by atoms with Gasteiger partial charge in [-0.2, -0.15) is 0 Å². The van der Waals surface area contributed by atoms with E-state index in [1.54, 1.807) is 0 Å². The molecule has 0 bridgehead atoms. The quantitative estimate of drug-likeness (QED) is 0.818.